The molecule has 0 atom stereocenters. The number of benzene rings is 3. The lowest BCUT2D eigenvalue weighted by Crippen LogP contribution is -2.20. The lowest BCUT2D eigenvalue weighted by molar-refractivity contribution is -0.120. The number of hydrazone groups is 1. The first-order chi connectivity index (χ1) is 13.2. The van der Waals surface area contributed by atoms with Crippen LogP contribution in [-0.2, 0) is 11.2 Å². The Bertz CT molecular complexity index is 1030. The number of carbonyl (C=O) groups excluding carboxylic acids is 1. The maximum atomic E-state index is 12.3. The Kier molecular flexibility index (Phi) is 6.24. The number of amides is 1. The molecule has 134 valence electrons. The summed E-state index contributed by atoms with van der Waals surface area (Å²) in [6, 6.07) is 19.4. The van der Waals surface area contributed by atoms with Crippen LogP contribution in [0.25, 0.3) is 10.8 Å². The summed E-state index contributed by atoms with van der Waals surface area (Å²) < 4.78 is 6.36. The molecule has 3 aromatic rings. The van der Waals surface area contributed by atoms with Gasteiger partial charge in [0.05, 0.1) is 12.6 Å². The van der Waals surface area contributed by atoms with E-state index in [2.05, 4.69) is 32.4 Å². The normalized spacial score (nSPS) is 10.7. The quantitative estimate of drug-likeness (QED) is 0.367. The minimum absolute atomic E-state index is 0.163. The average Bonchev–Trinajstić information content (AvgIpc) is 2.68. The fraction of sp³-hybridized carbons (Fsp3) is 0.0909. The van der Waals surface area contributed by atoms with Crippen molar-refractivity contribution in [2.24, 2.45) is 5.10 Å². The highest BCUT2D eigenvalue weighted by molar-refractivity contribution is 9.10. The van der Waals surface area contributed by atoms with E-state index in [-0.39, 0.29) is 18.9 Å². The molecule has 0 aliphatic carbocycles. The fourth-order valence-electron chi connectivity index (χ4n) is 2.70. The minimum Gasteiger partial charge on any atom is -0.480 e. The van der Waals surface area contributed by atoms with Gasteiger partial charge in [0.15, 0.2) is 0 Å². The van der Waals surface area contributed by atoms with Crippen LogP contribution in [0.1, 0.15) is 11.1 Å². The zero-order chi connectivity index (χ0) is 19.1. The number of hydrogen-bond acceptors (Lipinski definition) is 3. The highest BCUT2D eigenvalue weighted by atomic mass is 79.9. The highest BCUT2D eigenvalue weighted by Crippen LogP contribution is 2.22. The van der Waals surface area contributed by atoms with Crippen LogP contribution in [0, 0.1) is 12.3 Å². The topological polar surface area (TPSA) is 50.7 Å². The van der Waals surface area contributed by atoms with Crippen molar-refractivity contribution < 1.29 is 9.53 Å². The standard InChI is InChI=1S/C22H17BrN2O2/c1-2-12-27-21-11-10-19(23)13-18(21)15-24-25-22(26)14-17-8-5-7-16-6-3-4-9-20(16)17/h1,3-11,13,15H,12,14H2,(H,25,26)/b24-15-. The van der Waals surface area contributed by atoms with Gasteiger partial charge >= 0.3 is 0 Å². The minimum atomic E-state index is -0.191. The lowest BCUT2D eigenvalue weighted by Gasteiger charge is -2.07. The zero-order valence-electron chi connectivity index (χ0n) is 14.5. The summed E-state index contributed by atoms with van der Waals surface area (Å²) in [6.45, 7) is 0.163. The summed E-state index contributed by atoms with van der Waals surface area (Å²) in [5.74, 6) is 2.84. The van der Waals surface area contributed by atoms with Crippen LogP contribution >= 0.6 is 15.9 Å². The first kappa shape index (κ1) is 18.7. The lowest BCUT2D eigenvalue weighted by atomic mass is 10.0. The van der Waals surface area contributed by atoms with Gasteiger partial charge in [0, 0.05) is 10.0 Å². The molecule has 0 bridgehead atoms. The van der Waals surface area contributed by atoms with Gasteiger partial charge in [0.2, 0.25) is 5.91 Å². The first-order valence-electron chi connectivity index (χ1n) is 8.32. The predicted octanol–water partition coefficient (Wildman–Crippen LogP) is 4.31. The number of ether oxygens (including phenoxy) is 1. The van der Waals surface area contributed by atoms with E-state index < -0.39 is 0 Å². The summed E-state index contributed by atoms with van der Waals surface area (Å²) in [4.78, 5) is 12.3. The van der Waals surface area contributed by atoms with E-state index in [0.717, 1.165) is 20.8 Å². The maximum absolute atomic E-state index is 12.3. The van der Waals surface area contributed by atoms with Crippen LogP contribution in [0.3, 0.4) is 0 Å². The third kappa shape index (κ3) is 4.96. The van der Waals surface area contributed by atoms with Crippen LogP contribution in [-0.4, -0.2) is 18.7 Å². The van der Waals surface area contributed by atoms with E-state index in [4.69, 9.17) is 11.2 Å². The van der Waals surface area contributed by atoms with Crippen molar-refractivity contribution in [1.29, 1.82) is 0 Å². The van der Waals surface area contributed by atoms with Gasteiger partial charge in [-0.1, -0.05) is 64.3 Å². The number of fused-ring (bicyclic) bond motifs is 1. The molecular weight excluding hydrogens is 404 g/mol. The largest absolute Gasteiger partial charge is 0.480 e. The molecule has 0 fully saturated rings. The smallest absolute Gasteiger partial charge is 0.244 e. The van der Waals surface area contributed by atoms with Crippen LogP contribution in [0.5, 0.6) is 5.75 Å². The highest BCUT2D eigenvalue weighted by Gasteiger charge is 2.07. The zero-order valence-corrected chi connectivity index (χ0v) is 16.1. The number of nitrogens with one attached hydrogen (secondary N) is 1. The average molecular weight is 421 g/mol. The number of halogens is 1. The summed E-state index contributed by atoms with van der Waals surface area (Å²) in [5.41, 5.74) is 4.24. The Morgan fingerprint density at radius 2 is 2.00 bits per heavy atom. The Hall–Kier alpha value is -3.10. The van der Waals surface area contributed by atoms with E-state index in [9.17, 15) is 4.79 Å². The van der Waals surface area contributed by atoms with E-state index >= 15 is 0 Å². The summed E-state index contributed by atoms with van der Waals surface area (Å²) >= 11 is 3.41. The molecule has 27 heavy (non-hydrogen) atoms. The van der Waals surface area contributed by atoms with E-state index in [0.29, 0.717) is 11.3 Å². The molecule has 3 rings (SSSR count). The third-order valence-electron chi connectivity index (χ3n) is 3.91. The number of nitrogens with zero attached hydrogens (tertiary/aromatic N) is 1. The number of carbonyl (C=O) groups is 1. The van der Waals surface area contributed by atoms with Crippen molar-refractivity contribution >= 4 is 38.8 Å². The maximum Gasteiger partial charge on any atom is 0.244 e. The van der Waals surface area contributed by atoms with Gasteiger partial charge in [-0.25, -0.2) is 5.43 Å². The van der Waals surface area contributed by atoms with Gasteiger partial charge < -0.3 is 4.74 Å². The number of hydrogen-bond donors (Lipinski definition) is 1. The van der Waals surface area contributed by atoms with E-state index in [1.807, 2.05) is 54.6 Å². The second-order valence-corrected chi connectivity index (χ2v) is 6.70. The first-order valence-corrected chi connectivity index (χ1v) is 9.11. The van der Waals surface area contributed by atoms with Crippen molar-refractivity contribution in [3.8, 4) is 18.1 Å². The van der Waals surface area contributed by atoms with Gasteiger partial charge in [-0.15, -0.1) is 6.42 Å². The Morgan fingerprint density at radius 1 is 1.19 bits per heavy atom. The SMILES string of the molecule is C#CCOc1ccc(Br)cc1/C=N\NC(=O)Cc1cccc2ccccc12. The van der Waals surface area contributed by atoms with Gasteiger partial charge in [-0.05, 0) is 34.5 Å². The summed E-state index contributed by atoms with van der Waals surface area (Å²) in [6.07, 6.45) is 7.02. The Morgan fingerprint density at radius 3 is 2.85 bits per heavy atom. The van der Waals surface area contributed by atoms with Gasteiger partial charge in [0.25, 0.3) is 0 Å². The molecule has 0 saturated carbocycles. The second-order valence-electron chi connectivity index (χ2n) is 5.78. The molecule has 4 nitrogen and oxygen atoms in total. The van der Waals surface area contributed by atoms with Crippen molar-refractivity contribution in [3.63, 3.8) is 0 Å². The van der Waals surface area contributed by atoms with Crippen molar-refractivity contribution in [1.82, 2.24) is 5.43 Å². The molecule has 3 aromatic carbocycles. The van der Waals surface area contributed by atoms with Crippen LogP contribution in [0.2, 0.25) is 0 Å². The van der Waals surface area contributed by atoms with Crippen LogP contribution in [0.4, 0.5) is 0 Å². The molecule has 0 heterocycles. The Balaban J connectivity index is 1.69. The van der Waals surface area contributed by atoms with Gasteiger partial charge in [-0.2, -0.15) is 5.10 Å². The van der Waals surface area contributed by atoms with Crippen LogP contribution in [0.15, 0.2) is 70.2 Å². The molecule has 1 N–H and O–H groups in total. The van der Waals surface area contributed by atoms with Gasteiger partial charge in [0.1, 0.15) is 12.4 Å². The third-order valence-corrected chi connectivity index (χ3v) is 4.40. The molecule has 0 aromatic heterocycles. The van der Waals surface area contributed by atoms with E-state index in [1.165, 1.54) is 6.21 Å². The van der Waals surface area contributed by atoms with E-state index in [1.54, 1.807) is 6.07 Å². The fourth-order valence-corrected chi connectivity index (χ4v) is 3.08. The summed E-state index contributed by atoms with van der Waals surface area (Å²) in [5, 5.41) is 6.22. The Labute approximate surface area is 166 Å². The van der Waals surface area contributed by atoms with Crippen LogP contribution < -0.4 is 10.2 Å². The molecular formula is C22H17BrN2O2. The molecule has 0 spiro atoms. The van der Waals surface area contributed by atoms with Crippen molar-refractivity contribution in [2.75, 3.05) is 6.61 Å². The predicted molar refractivity (Wildman–Crippen MR) is 112 cm³/mol. The number of rotatable bonds is 6. The molecule has 0 radical (unpaired) electrons. The van der Waals surface area contributed by atoms with Crippen molar-refractivity contribution in [2.45, 2.75) is 6.42 Å². The molecule has 0 unspecified atom stereocenters. The summed E-state index contributed by atoms with van der Waals surface area (Å²) in [7, 11) is 0. The number of terminal acetylenes is 1. The monoisotopic (exact) mass is 420 g/mol. The molecule has 0 aliphatic rings. The van der Waals surface area contributed by atoms with Crippen molar-refractivity contribution in [3.05, 3.63) is 76.3 Å². The molecule has 1 amide bonds. The second kappa shape index (κ2) is 9.02. The molecule has 0 aliphatic heterocycles. The van der Waals surface area contributed by atoms with Gasteiger partial charge in [-0.3, -0.25) is 4.79 Å². The molecule has 0 saturated heterocycles. The molecule has 5 heteroatoms.